The molecule has 0 spiro atoms. The van der Waals surface area contributed by atoms with Gasteiger partial charge in [0.2, 0.25) is 0 Å². The third-order valence-electron chi connectivity index (χ3n) is 2.35. The molecule has 0 unspecified atom stereocenters. The lowest BCUT2D eigenvalue weighted by Crippen LogP contribution is -1.90. The summed E-state index contributed by atoms with van der Waals surface area (Å²) < 4.78 is 0. The van der Waals surface area contributed by atoms with Gasteiger partial charge in [-0.25, -0.2) is 0 Å². The maximum atomic E-state index is 11.0. The van der Waals surface area contributed by atoms with Crippen LogP contribution in [0.25, 0.3) is 6.08 Å². The van der Waals surface area contributed by atoms with Crippen LogP contribution >= 0.6 is 0 Å². The van der Waals surface area contributed by atoms with E-state index < -0.39 is 0 Å². The van der Waals surface area contributed by atoms with Crippen LogP contribution in [0.4, 0.5) is 0 Å². The van der Waals surface area contributed by atoms with Crippen molar-refractivity contribution in [1.29, 1.82) is 0 Å². The Bertz CT molecular complexity index is 333. The predicted octanol–water partition coefficient (Wildman–Crippen LogP) is 4.09. The molecule has 0 atom stereocenters. The molecular weight excluding hydrogens is 184 g/mol. The third kappa shape index (κ3) is 4.11. The molecule has 1 rings (SSSR count). The Morgan fingerprint density at radius 1 is 1.27 bits per heavy atom. The van der Waals surface area contributed by atoms with Crippen LogP contribution in [0.15, 0.2) is 30.3 Å². The van der Waals surface area contributed by atoms with E-state index in [0.717, 1.165) is 17.5 Å². The average Bonchev–Trinajstić information content (AvgIpc) is 2.25. The Balaban J connectivity index is 2.56. The zero-order chi connectivity index (χ0) is 11.1. The number of hydrogen-bond acceptors (Lipinski definition) is 1. The molecule has 15 heavy (non-hydrogen) atoms. The van der Waals surface area contributed by atoms with E-state index in [9.17, 15) is 4.79 Å². The Kier molecular flexibility index (Phi) is 4.82. The van der Waals surface area contributed by atoms with E-state index in [2.05, 4.69) is 19.1 Å². The molecule has 1 nitrogen and oxygen atoms in total. The lowest BCUT2D eigenvalue weighted by atomic mass is 10.1. The van der Waals surface area contributed by atoms with Crippen molar-refractivity contribution in [3.05, 3.63) is 41.5 Å². The van der Waals surface area contributed by atoms with Crippen LogP contribution in [-0.2, 0) is 0 Å². The molecule has 0 N–H and O–H groups in total. The number of carbonyl (C=O) groups excluding carboxylic acids is 1. The molecule has 0 bridgehead atoms. The van der Waals surface area contributed by atoms with Crippen molar-refractivity contribution in [3.8, 4) is 0 Å². The first-order valence-corrected chi connectivity index (χ1v) is 5.51. The van der Waals surface area contributed by atoms with Crippen LogP contribution in [-0.4, -0.2) is 5.78 Å². The second-order valence-electron chi connectivity index (χ2n) is 3.72. The van der Waals surface area contributed by atoms with Gasteiger partial charge in [0.15, 0.2) is 5.78 Å². The summed E-state index contributed by atoms with van der Waals surface area (Å²) in [6, 6.07) is 7.72. The Labute approximate surface area is 91.8 Å². The topological polar surface area (TPSA) is 17.1 Å². The number of allylic oxidation sites excluding steroid dienone is 1. The zero-order valence-corrected chi connectivity index (χ0v) is 9.49. The monoisotopic (exact) mass is 202 g/mol. The molecule has 0 aromatic heterocycles. The van der Waals surface area contributed by atoms with E-state index in [1.165, 1.54) is 12.8 Å². The van der Waals surface area contributed by atoms with Crippen molar-refractivity contribution >= 4 is 11.9 Å². The fourth-order valence-corrected chi connectivity index (χ4v) is 1.37. The molecule has 0 heterocycles. The normalized spacial score (nSPS) is 10.8. The van der Waals surface area contributed by atoms with Gasteiger partial charge in [-0.15, -0.1) is 0 Å². The zero-order valence-electron chi connectivity index (χ0n) is 9.49. The van der Waals surface area contributed by atoms with Crippen LogP contribution in [0.1, 0.15) is 49.0 Å². The maximum absolute atomic E-state index is 11.0. The average molecular weight is 202 g/mol. The van der Waals surface area contributed by atoms with Gasteiger partial charge in [0.25, 0.3) is 0 Å². The molecule has 0 radical (unpaired) electrons. The number of ketones is 1. The van der Waals surface area contributed by atoms with Gasteiger partial charge in [0, 0.05) is 5.56 Å². The summed E-state index contributed by atoms with van der Waals surface area (Å²) in [6.07, 6.45) is 7.90. The van der Waals surface area contributed by atoms with Gasteiger partial charge in [-0.2, -0.15) is 0 Å². The number of hydrogen-bond donors (Lipinski definition) is 0. The quantitative estimate of drug-likeness (QED) is 0.519. The van der Waals surface area contributed by atoms with Gasteiger partial charge in [0.05, 0.1) is 0 Å². The van der Waals surface area contributed by atoms with Crippen molar-refractivity contribution < 1.29 is 4.79 Å². The molecule has 80 valence electrons. The molecule has 0 aliphatic rings. The Hall–Kier alpha value is -1.37. The minimum Gasteiger partial charge on any atom is -0.295 e. The molecular formula is C14H18O. The summed E-state index contributed by atoms with van der Waals surface area (Å²) in [7, 11) is 0. The lowest BCUT2D eigenvalue weighted by molar-refractivity contribution is 0.101. The number of carbonyl (C=O) groups is 1. The largest absolute Gasteiger partial charge is 0.295 e. The summed E-state index contributed by atoms with van der Waals surface area (Å²) in [5, 5.41) is 0. The first kappa shape index (κ1) is 11.7. The predicted molar refractivity (Wildman–Crippen MR) is 65.0 cm³/mol. The highest BCUT2D eigenvalue weighted by Gasteiger charge is 1.96. The summed E-state index contributed by atoms with van der Waals surface area (Å²) >= 11 is 0. The van der Waals surface area contributed by atoms with Gasteiger partial charge < -0.3 is 0 Å². The number of rotatable bonds is 5. The fraction of sp³-hybridized carbons (Fsp3) is 0.357. The van der Waals surface area contributed by atoms with Gasteiger partial charge in [-0.1, -0.05) is 56.2 Å². The van der Waals surface area contributed by atoms with Crippen molar-refractivity contribution in [2.24, 2.45) is 0 Å². The highest BCUT2D eigenvalue weighted by Crippen LogP contribution is 2.08. The SMILES string of the molecule is CCCC/C=C\c1ccc(C(C)=O)cc1. The summed E-state index contributed by atoms with van der Waals surface area (Å²) in [4.78, 5) is 11.0. The smallest absolute Gasteiger partial charge is 0.159 e. The van der Waals surface area contributed by atoms with Gasteiger partial charge in [0.1, 0.15) is 0 Å². The minimum atomic E-state index is 0.122. The molecule has 0 saturated heterocycles. The Morgan fingerprint density at radius 2 is 1.93 bits per heavy atom. The van der Waals surface area contributed by atoms with E-state index in [1.54, 1.807) is 6.92 Å². The van der Waals surface area contributed by atoms with Crippen LogP contribution in [0, 0.1) is 0 Å². The summed E-state index contributed by atoms with van der Waals surface area (Å²) in [5.41, 5.74) is 1.94. The highest BCUT2D eigenvalue weighted by molar-refractivity contribution is 5.94. The van der Waals surface area contributed by atoms with Crippen LogP contribution < -0.4 is 0 Å². The first-order chi connectivity index (χ1) is 7.24. The van der Waals surface area contributed by atoms with Crippen molar-refractivity contribution in [2.45, 2.75) is 33.1 Å². The molecule has 1 heteroatoms. The van der Waals surface area contributed by atoms with Crippen molar-refractivity contribution in [2.75, 3.05) is 0 Å². The summed E-state index contributed by atoms with van der Waals surface area (Å²) in [6.45, 7) is 3.78. The van der Waals surface area contributed by atoms with Crippen LogP contribution in [0.3, 0.4) is 0 Å². The lowest BCUT2D eigenvalue weighted by Gasteiger charge is -1.96. The van der Waals surface area contributed by atoms with Crippen molar-refractivity contribution in [1.82, 2.24) is 0 Å². The first-order valence-electron chi connectivity index (χ1n) is 5.51. The van der Waals surface area contributed by atoms with Gasteiger partial charge in [-0.05, 0) is 18.9 Å². The maximum Gasteiger partial charge on any atom is 0.159 e. The highest BCUT2D eigenvalue weighted by atomic mass is 16.1. The fourth-order valence-electron chi connectivity index (χ4n) is 1.37. The molecule has 0 saturated carbocycles. The molecule has 1 aromatic carbocycles. The van der Waals surface area contributed by atoms with Crippen molar-refractivity contribution in [3.63, 3.8) is 0 Å². The number of benzene rings is 1. The summed E-state index contributed by atoms with van der Waals surface area (Å²) in [5.74, 6) is 0.122. The molecule has 0 fully saturated rings. The van der Waals surface area contributed by atoms with E-state index in [1.807, 2.05) is 24.3 Å². The van der Waals surface area contributed by atoms with E-state index in [0.29, 0.717) is 0 Å². The van der Waals surface area contributed by atoms with E-state index in [-0.39, 0.29) is 5.78 Å². The van der Waals surface area contributed by atoms with E-state index >= 15 is 0 Å². The molecule has 0 aliphatic heterocycles. The van der Waals surface area contributed by atoms with Gasteiger partial charge in [-0.3, -0.25) is 4.79 Å². The molecule has 0 amide bonds. The Morgan fingerprint density at radius 3 is 2.47 bits per heavy atom. The molecule has 1 aromatic rings. The number of Topliss-reactive ketones (excluding diaryl/α,β-unsaturated/α-hetero) is 1. The minimum absolute atomic E-state index is 0.122. The van der Waals surface area contributed by atoms with Crippen LogP contribution in [0.2, 0.25) is 0 Å². The van der Waals surface area contributed by atoms with E-state index in [4.69, 9.17) is 0 Å². The second kappa shape index (κ2) is 6.18. The number of unbranched alkanes of at least 4 members (excludes halogenated alkanes) is 2. The second-order valence-corrected chi connectivity index (χ2v) is 3.72. The molecule has 0 aliphatic carbocycles. The standard InChI is InChI=1S/C14H18O/c1-3-4-5-6-7-13-8-10-14(11-9-13)12(2)15/h6-11H,3-5H2,1-2H3/b7-6-. The van der Waals surface area contributed by atoms with Crippen LogP contribution in [0.5, 0.6) is 0 Å². The van der Waals surface area contributed by atoms with Gasteiger partial charge >= 0.3 is 0 Å². The third-order valence-corrected chi connectivity index (χ3v) is 2.35.